The van der Waals surface area contributed by atoms with Crippen molar-refractivity contribution in [2.45, 2.75) is 38.8 Å². The number of para-hydroxylation sites is 3. The molecule has 4 amide bonds. The lowest BCUT2D eigenvalue weighted by molar-refractivity contribution is -0.141. The lowest BCUT2D eigenvalue weighted by atomic mass is 10.1. The Bertz CT molecular complexity index is 1240. The van der Waals surface area contributed by atoms with E-state index < -0.39 is 23.9 Å². The number of hydrogen-bond donors (Lipinski definition) is 2. The first-order valence-electron chi connectivity index (χ1n) is 12.7. The van der Waals surface area contributed by atoms with Gasteiger partial charge in [-0.25, -0.2) is 4.79 Å². The highest BCUT2D eigenvalue weighted by Gasteiger charge is 2.31. The quantitative estimate of drug-likeness (QED) is 0.352. The van der Waals surface area contributed by atoms with E-state index in [0.717, 1.165) is 0 Å². The molecule has 0 unspecified atom stereocenters. The standard InChI is InChI=1S/C30H34N4O5/c1-22(2)34(25-17-11-6-12-18-25)27(35)21-33(24-15-9-5-10-16-24)29(37)26(19-20-28(36)39-3)32-30(38)31-23-13-7-4-8-14-23/h4-18,22,26H,19-21H2,1-3H3,(H2,31,32,38)/t26-/m1/s1. The number of carbonyl (C=O) groups is 4. The molecule has 3 aromatic carbocycles. The molecule has 1 atom stereocenters. The molecule has 0 fully saturated rings. The van der Waals surface area contributed by atoms with Crippen molar-refractivity contribution in [1.82, 2.24) is 5.32 Å². The maximum Gasteiger partial charge on any atom is 0.319 e. The van der Waals surface area contributed by atoms with E-state index in [9.17, 15) is 19.2 Å². The average molecular weight is 531 g/mol. The van der Waals surface area contributed by atoms with Crippen LogP contribution in [0.1, 0.15) is 26.7 Å². The summed E-state index contributed by atoms with van der Waals surface area (Å²) in [6.07, 6.45) is -0.116. The van der Waals surface area contributed by atoms with Gasteiger partial charge in [0, 0.05) is 29.5 Å². The minimum atomic E-state index is -1.11. The molecule has 39 heavy (non-hydrogen) atoms. The second-order valence-electron chi connectivity index (χ2n) is 9.08. The zero-order chi connectivity index (χ0) is 28.2. The van der Waals surface area contributed by atoms with Crippen LogP contribution in [0.15, 0.2) is 91.0 Å². The van der Waals surface area contributed by atoms with E-state index in [4.69, 9.17) is 4.74 Å². The predicted octanol–water partition coefficient (Wildman–Crippen LogP) is 4.60. The molecule has 0 spiro atoms. The maximum absolute atomic E-state index is 14.0. The van der Waals surface area contributed by atoms with Crippen molar-refractivity contribution in [3.05, 3.63) is 91.0 Å². The second kappa shape index (κ2) is 14.3. The van der Waals surface area contributed by atoms with Crippen molar-refractivity contribution >= 4 is 40.9 Å². The van der Waals surface area contributed by atoms with Crippen molar-refractivity contribution in [1.29, 1.82) is 0 Å². The van der Waals surface area contributed by atoms with Gasteiger partial charge in [0.15, 0.2) is 0 Å². The van der Waals surface area contributed by atoms with Crippen LogP contribution in [0.5, 0.6) is 0 Å². The van der Waals surface area contributed by atoms with Crippen LogP contribution >= 0.6 is 0 Å². The van der Waals surface area contributed by atoms with E-state index in [2.05, 4.69) is 10.6 Å². The Balaban J connectivity index is 1.89. The lowest BCUT2D eigenvalue weighted by Crippen LogP contribution is -2.53. The molecule has 0 aliphatic rings. The fourth-order valence-electron chi connectivity index (χ4n) is 4.09. The lowest BCUT2D eigenvalue weighted by Gasteiger charge is -2.32. The highest BCUT2D eigenvalue weighted by molar-refractivity contribution is 6.07. The summed E-state index contributed by atoms with van der Waals surface area (Å²) in [5.74, 6) is -1.34. The molecule has 0 aromatic heterocycles. The van der Waals surface area contributed by atoms with Crippen LogP contribution < -0.4 is 20.4 Å². The third-order valence-electron chi connectivity index (χ3n) is 5.95. The molecule has 0 saturated heterocycles. The number of nitrogens with one attached hydrogen (secondary N) is 2. The molecular weight excluding hydrogens is 496 g/mol. The molecule has 0 radical (unpaired) electrons. The molecule has 0 heterocycles. The Labute approximate surface area is 228 Å². The summed E-state index contributed by atoms with van der Waals surface area (Å²) in [5, 5.41) is 5.37. The normalized spacial score (nSPS) is 11.3. The topological polar surface area (TPSA) is 108 Å². The van der Waals surface area contributed by atoms with Gasteiger partial charge >= 0.3 is 12.0 Å². The number of benzene rings is 3. The number of urea groups is 1. The SMILES string of the molecule is COC(=O)CC[C@@H](NC(=O)Nc1ccccc1)C(=O)N(CC(=O)N(c1ccccc1)C(C)C)c1ccccc1. The van der Waals surface area contributed by atoms with Crippen LogP contribution in [0.2, 0.25) is 0 Å². The van der Waals surface area contributed by atoms with Crippen LogP contribution in [0.25, 0.3) is 0 Å². The molecule has 0 saturated carbocycles. The molecule has 204 valence electrons. The fraction of sp³-hybridized carbons (Fsp3) is 0.267. The van der Waals surface area contributed by atoms with Crippen LogP contribution in [-0.4, -0.2) is 49.6 Å². The molecule has 9 nitrogen and oxygen atoms in total. The van der Waals surface area contributed by atoms with Gasteiger partial charge in [0.05, 0.1) is 7.11 Å². The van der Waals surface area contributed by atoms with E-state index in [1.54, 1.807) is 59.5 Å². The third-order valence-corrected chi connectivity index (χ3v) is 5.95. The van der Waals surface area contributed by atoms with E-state index in [1.807, 2.05) is 50.2 Å². The minimum Gasteiger partial charge on any atom is -0.469 e. The van der Waals surface area contributed by atoms with Crippen molar-refractivity contribution in [3.63, 3.8) is 0 Å². The third kappa shape index (κ3) is 8.43. The number of carbonyl (C=O) groups excluding carboxylic acids is 4. The Morgan fingerprint density at radius 2 is 1.33 bits per heavy atom. The minimum absolute atomic E-state index is 0.0161. The largest absolute Gasteiger partial charge is 0.469 e. The Hall–Kier alpha value is -4.66. The summed E-state index contributed by atoms with van der Waals surface area (Å²) >= 11 is 0. The van der Waals surface area contributed by atoms with Crippen LogP contribution in [0, 0.1) is 0 Å². The average Bonchev–Trinajstić information content (AvgIpc) is 2.94. The van der Waals surface area contributed by atoms with Gasteiger partial charge in [-0.2, -0.15) is 0 Å². The van der Waals surface area contributed by atoms with Gasteiger partial charge in [0.2, 0.25) is 11.8 Å². The summed E-state index contributed by atoms with van der Waals surface area (Å²) in [6, 6.07) is 24.9. The number of hydrogen-bond acceptors (Lipinski definition) is 5. The van der Waals surface area contributed by atoms with Gasteiger partial charge in [-0.3, -0.25) is 14.4 Å². The zero-order valence-electron chi connectivity index (χ0n) is 22.4. The first-order chi connectivity index (χ1) is 18.8. The number of amides is 4. The number of esters is 1. The predicted molar refractivity (Wildman–Crippen MR) is 151 cm³/mol. The Morgan fingerprint density at radius 3 is 1.87 bits per heavy atom. The van der Waals surface area contributed by atoms with E-state index in [1.165, 1.54) is 12.0 Å². The first kappa shape index (κ1) is 28.9. The van der Waals surface area contributed by atoms with Gasteiger partial charge in [0.1, 0.15) is 12.6 Å². The van der Waals surface area contributed by atoms with E-state index in [0.29, 0.717) is 17.1 Å². The molecule has 0 aliphatic heterocycles. The highest BCUT2D eigenvalue weighted by Crippen LogP contribution is 2.21. The number of methoxy groups -OCH3 is 1. The summed E-state index contributed by atoms with van der Waals surface area (Å²) in [5.41, 5.74) is 1.74. The molecule has 0 bridgehead atoms. The first-order valence-corrected chi connectivity index (χ1v) is 12.7. The van der Waals surface area contributed by atoms with Gasteiger partial charge in [-0.05, 0) is 56.7 Å². The molecule has 3 aromatic rings. The molecular formula is C30H34N4O5. The highest BCUT2D eigenvalue weighted by atomic mass is 16.5. The van der Waals surface area contributed by atoms with Crippen molar-refractivity contribution in [3.8, 4) is 0 Å². The van der Waals surface area contributed by atoms with Crippen molar-refractivity contribution < 1.29 is 23.9 Å². The number of anilines is 3. The summed E-state index contributed by atoms with van der Waals surface area (Å²) in [7, 11) is 1.26. The van der Waals surface area contributed by atoms with E-state index in [-0.39, 0.29) is 31.3 Å². The number of nitrogens with zero attached hydrogens (tertiary/aromatic N) is 2. The van der Waals surface area contributed by atoms with Gasteiger partial charge in [-0.15, -0.1) is 0 Å². The summed E-state index contributed by atoms with van der Waals surface area (Å²) in [4.78, 5) is 55.3. The summed E-state index contributed by atoms with van der Waals surface area (Å²) in [6.45, 7) is 3.52. The van der Waals surface area contributed by atoms with E-state index >= 15 is 0 Å². The zero-order valence-corrected chi connectivity index (χ0v) is 22.4. The fourth-order valence-corrected chi connectivity index (χ4v) is 4.09. The van der Waals surface area contributed by atoms with Gasteiger partial charge in [-0.1, -0.05) is 54.6 Å². The monoisotopic (exact) mass is 530 g/mol. The smallest absolute Gasteiger partial charge is 0.319 e. The second-order valence-corrected chi connectivity index (χ2v) is 9.08. The molecule has 3 rings (SSSR count). The number of ether oxygens (including phenoxy) is 1. The van der Waals surface area contributed by atoms with Crippen molar-refractivity contribution in [2.24, 2.45) is 0 Å². The van der Waals surface area contributed by atoms with Crippen LogP contribution in [-0.2, 0) is 19.1 Å². The van der Waals surface area contributed by atoms with Crippen LogP contribution in [0.4, 0.5) is 21.9 Å². The number of rotatable bonds is 11. The maximum atomic E-state index is 14.0. The van der Waals surface area contributed by atoms with Gasteiger partial charge < -0.3 is 25.2 Å². The molecule has 0 aliphatic carbocycles. The van der Waals surface area contributed by atoms with Crippen molar-refractivity contribution in [2.75, 3.05) is 28.8 Å². The van der Waals surface area contributed by atoms with Gasteiger partial charge in [0.25, 0.3) is 0 Å². The molecule has 9 heteroatoms. The Kier molecular flexibility index (Phi) is 10.6. The molecule has 2 N–H and O–H groups in total. The van der Waals surface area contributed by atoms with Crippen LogP contribution in [0.3, 0.4) is 0 Å². The summed E-state index contributed by atoms with van der Waals surface area (Å²) < 4.78 is 4.74. The Morgan fingerprint density at radius 1 is 0.795 bits per heavy atom.